The highest BCUT2D eigenvalue weighted by atomic mass is 16.7. The van der Waals surface area contributed by atoms with Gasteiger partial charge in [-0.2, -0.15) is 0 Å². The van der Waals surface area contributed by atoms with E-state index >= 15 is 0 Å². The molecule has 1 fully saturated rings. The van der Waals surface area contributed by atoms with Gasteiger partial charge in [0.15, 0.2) is 5.78 Å². The van der Waals surface area contributed by atoms with Crippen LogP contribution in [0, 0.1) is 0 Å². The van der Waals surface area contributed by atoms with Crippen LogP contribution in [-0.2, 0) is 4.74 Å². The summed E-state index contributed by atoms with van der Waals surface area (Å²) < 4.78 is 16.6. The van der Waals surface area contributed by atoms with Crippen LogP contribution in [0.1, 0.15) is 28.4 Å². The Balaban J connectivity index is 1.48. The van der Waals surface area contributed by atoms with Crippen LogP contribution >= 0.6 is 0 Å². The molecule has 0 bridgehead atoms. The van der Waals surface area contributed by atoms with Gasteiger partial charge in [0, 0.05) is 12.1 Å². The number of aliphatic hydroxyl groups excluding tert-OH is 4. The normalized spacial score (nSPS) is 30.4. The number of phenolic OH excluding ortho intramolecular Hbond substituents is 2. The second-order valence-electron chi connectivity index (χ2n) is 7.46. The van der Waals surface area contributed by atoms with Crippen molar-refractivity contribution in [3.8, 4) is 23.0 Å². The molecule has 0 saturated carbocycles. The fourth-order valence-corrected chi connectivity index (χ4v) is 3.67. The molecule has 0 amide bonds. The average molecular weight is 434 g/mol. The molecule has 6 N–H and O–H groups in total. The number of hydrogen-bond acceptors (Lipinski definition) is 10. The van der Waals surface area contributed by atoms with Crippen LogP contribution in [0.2, 0.25) is 0 Å². The van der Waals surface area contributed by atoms with Crippen LogP contribution in [0.5, 0.6) is 23.0 Å². The summed E-state index contributed by atoms with van der Waals surface area (Å²) in [4.78, 5) is 12.4. The van der Waals surface area contributed by atoms with Gasteiger partial charge in [-0.15, -0.1) is 0 Å². The zero-order valence-corrected chi connectivity index (χ0v) is 16.2. The molecule has 10 heteroatoms. The van der Waals surface area contributed by atoms with Crippen LogP contribution in [0.4, 0.5) is 0 Å². The molecule has 4 rings (SSSR count). The lowest BCUT2D eigenvalue weighted by atomic mass is 9.95. The van der Waals surface area contributed by atoms with Crippen LogP contribution in [-0.4, -0.2) is 73.7 Å². The molecule has 10 nitrogen and oxygen atoms in total. The lowest BCUT2D eigenvalue weighted by Crippen LogP contribution is -2.60. The predicted molar refractivity (Wildman–Crippen MR) is 103 cm³/mol. The molecule has 2 aliphatic heterocycles. The first-order valence-corrected chi connectivity index (χ1v) is 9.61. The number of phenols is 2. The van der Waals surface area contributed by atoms with E-state index in [4.69, 9.17) is 14.2 Å². The third kappa shape index (κ3) is 4.03. The number of aliphatic hydroxyl groups is 4. The minimum Gasteiger partial charge on any atom is -0.508 e. The number of aromatic hydroxyl groups is 2. The molecule has 31 heavy (non-hydrogen) atoms. The van der Waals surface area contributed by atoms with Crippen LogP contribution in [0.3, 0.4) is 0 Å². The van der Waals surface area contributed by atoms with Gasteiger partial charge in [0.1, 0.15) is 59.1 Å². The highest BCUT2D eigenvalue weighted by Gasteiger charge is 2.44. The summed E-state index contributed by atoms with van der Waals surface area (Å²) in [5.41, 5.74) is 0.652. The summed E-state index contributed by atoms with van der Waals surface area (Å²) in [7, 11) is 0. The van der Waals surface area contributed by atoms with Crippen LogP contribution in [0.25, 0.3) is 0 Å². The van der Waals surface area contributed by atoms with E-state index < -0.39 is 43.4 Å². The van der Waals surface area contributed by atoms with Crippen molar-refractivity contribution in [3.63, 3.8) is 0 Å². The lowest BCUT2D eigenvalue weighted by Gasteiger charge is -2.39. The van der Waals surface area contributed by atoms with E-state index in [-0.39, 0.29) is 40.8 Å². The monoisotopic (exact) mass is 434 g/mol. The summed E-state index contributed by atoms with van der Waals surface area (Å²) >= 11 is 0. The average Bonchev–Trinajstić information content (AvgIpc) is 2.73. The second kappa shape index (κ2) is 8.33. The van der Waals surface area contributed by atoms with Crippen molar-refractivity contribution in [3.05, 3.63) is 47.5 Å². The van der Waals surface area contributed by atoms with E-state index in [0.29, 0.717) is 5.56 Å². The third-order valence-corrected chi connectivity index (χ3v) is 5.34. The lowest BCUT2D eigenvalue weighted by molar-refractivity contribution is -0.277. The fraction of sp³-hybridized carbons (Fsp3) is 0.381. The Morgan fingerprint density at radius 1 is 1.00 bits per heavy atom. The van der Waals surface area contributed by atoms with Gasteiger partial charge in [0.05, 0.1) is 13.0 Å². The molecule has 2 aliphatic rings. The van der Waals surface area contributed by atoms with E-state index in [1.165, 1.54) is 6.07 Å². The summed E-state index contributed by atoms with van der Waals surface area (Å²) in [6.07, 6.45) is -7.63. The zero-order chi connectivity index (χ0) is 22.3. The highest BCUT2D eigenvalue weighted by molar-refractivity contribution is 6.02. The van der Waals surface area contributed by atoms with Gasteiger partial charge in [-0.25, -0.2) is 0 Å². The van der Waals surface area contributed by atoms with Gasteiger partial charge < -0.3 is 44.8 Å². The minimum absolute atomic E-state index is 0.0156. The number of rotatable bonds is 4. The van der Waals surface area contributed by atoms with E-state index in [2.05, 4.69) is 0 Å². The molecule has 0 spiro atoms. The van der Waals surface area contributed by atoms with Gasteiger partial charge in [-0.3, -0.25) is 4.79 Å². The summed E-state index contributed by atoms with van der Waals surface area (Å²) in [6, 6.07) is 8.68. The summed E-state index contributed by atoms with van der Waals surface area (Å²) in [5.74, 6) is -0.550. The number of ketones is 1. The molecule has 0 radical (unpaired) electrons. The quantitative estimate of drug-likeness (QED) is 0.385. The number of hydrogen-bond donors (Lipinski definition) is 6. The maximum atomic E-state index is 12.4. The third-order valence-electron chi connectivity index (χ3n) is 5.34. The van der Waals surface area contributed by atoms with E-state index in [0.717, 1.165) is 6.07 Å². The second-order valence-corrected chi connectivity index (χ2v) is 7.46. The molecule has 1 unspecified atom stereocenters. The first-order valence-electron chi connectivity index (χ1n) is 9.61. The molecule has 0 aliphatic carbocycles. The van der Waals surface area contributed by atoms with Crippen molar-refractivity contribution in [1.29, 1.82) is 0 Å². The van der Waals surface area contributed by atoms with Crippen molar-refractivity contribution in [1.82, 2.24) is 0 Å². The number of Topliss-reactive ketones (excluding diaryl/α,β-unsaturated/α-hetero) is 1. The molecule has 0 aromatic heterocycles. The molecule has 1 saturated heterocycles. The molecule has 6 atom stereocenters. The van der Waals surface area contributed by atoms with Crippen molar-refractivity contribution in [2.45, 2.75) is 43.2 Å². The Bertz CT molecular complexity index is 957. The standard InChI is InChI=1S/C21H22O10/c22-8-16-18(26)19(27)20(28)21(31-16)29-11-3-1-9(2-4-11)14-7-13(25)17-12(24)5-10(23)6-15(17)30-14/h1-6,14,16,18-24,26-28H,7-8H2/t14?,16-,18-,19+,20-,21+/m1/s1. The summed E-state index contributed by atoms with van der Waals surface area (Å²) in [6.45, 7) is -0.566. The number of carbonyl (C=O) groups is 1. The van der Waals surface area contributed by atoms with E-state index in [9.17, 15) is 35.4 Å². The topological polar surface area (TPSA) is 166 Å². The Labute approximate surface area is 176 Å². The number of carbonyl (C=O) groups excluding carboxylic acids is 1. The Morgan fingerprint density at radius 2 is 1.71 bits per heavy atom. The largest absolute Gasteiger partial charge is 0.508 e. The van der Waals surface area contributed by atoms with Crippen molar-refractivity contribution < 1.29 is 49.6 Å². The Kier molecular flexibility index (Phi) is 5.73. The SMILES string of the molecule is O=C1CC(c2ccc(O[C@H]3O[C@H](CO)[C@@H](O)[C@H](O)[C@H]3O)cc2)Oc2cc(O)cc(O)c21. The van der Waals surface area contributed by atoms with E-state index in [1.54, 1.807) is 24.3 Å². The van der Waals surface area contributed by atoms with Gasteiger partial charge in [0.2, 0.25) is 6.29 Å². The first kappa shape index (κ1) is 21.3. The number of benzene rings is 2. The van der Waals surface area contributed by atoms with Gasteiger partial charge in [0.25, 0.3) is 0 Å². The number of ether oxygens (including phenoxy) is 3. The Hall–Kier alpha value is -2.89. The van der Waals surface area contributed by atoms with Crippen LogP contribution < -0.4 is 9.47 Å². The molecule has 2 aromatic rings. The first-order chi connectivity index (χ1) is 14.8. The van der Waals surface area contributed by atoms with Crippen molar-refractivity contribution >= 4 is 5.78 Å². The fourth-order valence-electron chi connectivity index (χ4n) is 3.67. The molecular weight excluding hydrogens is 412 g/mol. The van der Waals surface area contributed by atoms with Crippen molar-refractivity contribution in [2.24, 2.45) is 0 Å². The van der Waals surface area contributed by atoms with E-state index in [1.807, 2.05) is 0 Å². The summed E-state index contributed by atoms with van der Waals surface area (Å²) in [5, 5.41) is 58.5. The van der Waals surface area contributed by atoms with Crippen LogP contribution in [0.15, 0.2) is 36.4 Å². The predicted octanol–water partition coefficient (Wildman–Crippen LogP) is -0.0170. The Morgan fingerprint density at radius 3 is 2.39 bits per heavy atom. The van der Waals surface area contributed by atoms with Gasteiger partial charge in [-0.1, -0.05) is 12.1 Å². The highest BCUT2D eigenvalue weighted by Crippen LogP contribution is 2.41. The number of fused-ring (bicyclic) bond motifs is 1. The molecule has 2 heterocycles. The zero-order valence-electron chi connectivity index (χ0n) is 16.2. The van der Waals surface area contributed by atoms with Crippen molar-refractivity contribution in [2.75, 3.05) is 6.61 Å². The molecular formula is C21H22O10. The molecule has 166 valence electrons. The maximum Gasteiger partial charge on any atom is 0.229 e. The molecule has 2 aromatic carbocycles. The smallest absolute Gasteiger partial charge is 0.229 e. The maximum absolute atomic E-state index is 12.4. The van der Waals surface area contributed by atoms with Gasteiger partial charge >= 0.3 is 0 Å². The van der Waals surface area contributed by atoms with Gasteiger partial charge in [-0.05, 0) is 17.7 Å². The minimum atomic E-state index is -1.55.